The number of hydrogen-bond donors (Lipinski definition) is 4. The summed E-state index contributed by atoms with van der Waals surface area (Å²) >= 11 is 0. The lowest BCUT2D eigenvalue weighted by Crippen LogP contribution is -2.29. The van der Waals surface area contributed by atoms with Gasteiger partial charge in [-0.15, -0.1) is 0 Å². The van der Waals surface area contributed by atoms with Gasteiger partial charge in [0, 0.05) is 23.7 Å². The van der Waals surface area contributed by atoms with E-state index >= 15 is 0 Å². The minimum absolute atomic E-state index is 0.0282. The lowest BCUT2D eigenvalue weighted by Gasteiger charge is -2.26. The van der Waals surface area contributed by atoms with E-state index in [1.54, 1.807) is 12.1 Å². The normalized spacial score (nSPS) is 23.0. The van der Waals surface area contributed by atoms with Crippen molar-refractivity contribution in [3.63, 3.8) is 0 Å². The Morgan fingerprint density at radius 2 is 1.79 bits per heavy atom. The van der Waals surface area contributed by atoms with Gasteiger partial charge in [-0.05, 0) is 38.1 Å². The predicted molar refractivity (Wildman–Crippen MR) is 76.2 cm³/mol. The second-order valence-electron chi connectivity index (χ2n) is 5.15. The highest BCUT2D eigenvalue weighted by Gasteiger charge is 2.25. The molecule has 1 aromatic rings. The van der Waals surface area contributed by atoms with E-state index in [9.17, 15) is 4.79 Å². The van der Waals surface area contributed by atoms with Crippen LogP contribution in [-0.2, 0) is 4.79 Å². The summed E-state index contributed by atoms with van der Waals surface area (Å²) in [6, 6.07) is 3.22. The summed E-state index contributed by atoms with van der Waals surface area (Å²) in [4.78, 5) is 16.0. The van der Waals surface area contributed by atoms with Gasteiger partial charge in [-0.1, -0.05) is 0 Å². The average Bonchev–Trinajstić information content (AvgIpc) is 2.37. The van der Waals surface area contributed by atoms with Crippen LogP contribution in [0.4, 0.5) is 17.3 Å². The summed E-state index contributed by atoms with van der Waals surface area (Å²) in [6.07, 6.45) is 3.83. The van der Waals surface area contributed by atoms with Crippen LogP contribution in [0.5, 0.6) is 0 Å². The Hall–Kier alpha value is -1.82. The van der Waals surface area contributed by atoms with Crippen molar-refractivity contribution in [2.45, 2.75) is 25.7 Å². The molecule has 6 nitrogen and oxygen atoms in total. The molecule has 19 heavy (non-hydrogen) atoms. The number of hydrogen-bond acceptors (Lipinski definition) is 5. The average molecular weight is 263 g/mol. The Kier molecular flexibility index (Phi) is 4.21. The highest BCUT2D eigenvalue weighted by Crippen LogP contribution is 2.29. The number of aromatic nitrogens is 1. The van der Waals surface area contributed by atoms with E-state index in [-0.39, 0.29) is 11.8 Å². The Labute approximate surface area is 112 Å². The first kappa shape index (κ1) is 13.6. The van der Waals surface area contributed by atoms with E-state index in [2.05, 4.69) is 10.3 Å². The monoisotopic (exact) mass is 263 g/mol. The van der Waals surface area contributed by atoms with Crippen molar-refractivity contribution in [3.8, 4) is 0 Å². The molecule has 0 atom stereocenters. The molecule has 0 saturated heterocycles. The van der Waals surface area contributed by atoms with Gasteiger partial charge < -0.3 is 22.5 Å². The summed E-state index contributed by atoms with van der Waals surface area (Å²) in [7, 11) is 0. The van der Waals surface area contributed by atoms with Gasteiger partial charge in [0.2, 0.25) is 5.91 Å². The SMILES string of the molecule is NCC1CCC(C(=O)Nc2cc(N)nc(N)c2)CC1. The number of carbonyl (C=O) groups excluding carboxylic acids is 1. The zero-order valence-electron chi connectivity index (χ0n) is 10.9. The summed E-state index contributed by atoms with van der Waals surface area (Å²) in [5, 5.41) is 2.86. The number of amides is 1. The minimum Gasteiger partial charge on any atom is -0.384 e. The van der Waals surface area contributed by atoms with Gasteiger partial charge in [0.05, 0.1) is 0 Å². The number of nitrogens with one attached hydrogen (secondary N) is 1. The van der Waals surface area contributed by atoms with Gasteiger partial charge in [0.1, 0.15) is 11.6 Å². The first-order chi connectivity index (χ1) is 9.08. The standard InChI is InChI=1S/C13H21N5O/c14-7-8-1-3-9(4-2-8)13(19)17-10-5-11(15)18-12(16)6-10/h5-6,8-9H,1-4,7,14H2,(H5,15,16,17,18,19). The molecule has 1 saturated carbocycles. The number of nitrogens with zero attached hydrogens (tertiary/aromatic N) is 1. The van der Waals surface area contributed by atoms with Crippen LogP contribution < -0.4 is 22.5 Å². The highest BCUT2D eigenvalue weighted by atomic mass is 16.1. The van der Waals surface area contributed by atoms with Gasteiger partial charge in [-0.3, -0.25) is 4.79 Å². The molecule has 0 radical (unpaired) electrons. The fourth-order valence-electron chi connectivity index (χ4n) is 2.55. The molecule has 1 aliphatic carbocycles. The smallest absolute Gasteiger partial charge is 0.227 e. The molecule has 0 aromatic carbocycles. The Balaban J connectivity index is 1.94. The van der Waals surface area contributed by atoms with E-state index in [1.165, 1.54) is 0 Å². The van der Waals surface area contributed by atoms with Crippen LogP contribution in [0.15, 0.2) is 12.1 Å². The fraction of sp³-hybridized carbons (Fsp3) is 0.538. The van der Waals surface area contributed by atoms with E-state index < -0.39 is 0 Å². The predicted octanol–water partition coefficient (Wildman–Crippen LogP) is 0.950. The molecule has 104 valence electrons. The maximum atomic E-state index is 12.1. The van der Waals surface area contributed by atoms with Gasteiger partial charge in [-0.25, -0.2) is 4.98 Å². The summed E-state index contributed by atoms with van der Waals surface area (Å²) in [5.74, 6) is 1.26. The van der Waals surface area contributed by atoms with E-state index in [4.69, 9.17) is 17.2 Å². The molecule has 0 unspecified atom stereocenters. The number of nitrogen functional groups attached to an aromatic ring is 2. The van der Waals surface area contributed by atoms with Crippen molar-refractivity contribution in [2.75, 3.05) is 23.3 Å². The largest absolute Gasteiger partial charge is 0.384 e. The van der Waals surface area contributed by atoms with E-state index in [0.717, 1.165) is 25.7 Å². The molecule has 1 heterocycles. The lowest BCUT2D eigenvalue weighted by atomic mass is 9.81. The third kappa shape index (κ3) is 3.57. The lowest BCUT2D eigenvalue weighted by molar-refractivity contribution is -0.121. The number of rotatable bonds is 3. The van der Waals surface area contributed by atoms with Crippen LogP contribution in [0.3, 0.4) is 0 Å². The topological polar surface area (TPSA) is 120 Å². The first-order valence-electron chi connectivity index (χ1n) is 6.62. The molecule has 7 N–H and O–H groups in total. The number of carbonyl (C=O) groups is 1. The van der Waals surface area contributed by atoms with E-state index in [1.807, 2.05) is 0 Å². The summed E-state index contributed by atoms with van der Waals surface area (Å²) in [5.41, 5.74) is 17.4. The van der Waals surface area contributed by atoms with Crippen molar-refractivity contribution in [1.82, 2.24) is 4.98 Å². The summed E-state index contributed by atoms with van der Waals surface area (Å²) in [6.45, 7) is 0.714. The molecule has 0 bridgehead atoms. The van der Waals surface area contributed by atoms with Crippen LogP contribution in [-0.4, -0.2) is 17.4 Å². The van der Waals surface area contributed by atoms with Crippen LogP contribution in [0.25, 0.3) is 0 Å². The molecule has 1 fully saturated rings. The summed E-state index contributed by atoms with van der Waals surface area (Å²) < 4.78 is 0. The molecule has 2 rings (SSSR count). The maximum absolute atomic E-state index is 12.1. The maximum Gasteiger partial charge on any atom is 0.227 e. The number of nitrogens with two attached hydrogens (primary N) is 3. The second-order valence-corrected chi connectivity index (χ2v) is 5.15. The molecule has 6 heteroatoms. The first-order valence-corrected chi connectivity index (χ1v) is 6.62. The quantitative estimate of drug-likeness (QED) is 0.647. The molecule has 0 spiro atoms. The van der Waals surface area contributed by atoms with Crippen LogP contribution in [0.2, 0.25) is 0 Å². The number of anilines is 3. The van der Waals surface area contributed by atoms with Crippen molar-refractivity contribution in [2.24, 2.45) is 17.6 Å². The third-order valence-electron chi connectivity index (χ3n) is 3.68. The highest BCUT2D eigenvalue weighted by molar-refractivity contribution is 5.93. The van der Waals surface area contributed by atoms with Crippen LogP contribution >= 0.6 is 0 Å². The van der Waals surface area contributed by atoms with Crippen molar-refractivity contribution in [1.29, 1.82) is 0 Å². The molecular formula is C13H21N5O. The second kappa shape index (κ2) is 5.88. The molecule has 1 amide bonds. The molecular weight excluding hydrogens is 242 g/mol. The zero-order chi connectivity index (χ0) is 13.8. The Morgan fingerprint density at radius 3 is 2.32 bits per heavy atom. The molecule has 1 aromatic heterocycles. The van der Waals surface area contributed by atoms with Gasteiger partial charge in [-0.2, -0.15) is 0 Å². The van der Waals surface area contributed by atoms with Crippen molar-refractivity contribution >= 4 is 23.2 Å². The Morgan fingerprint density at radius 1 is 1.21 bits per heavy atom. The Bertz CT molecular complexity index is 434. The third-order valence-corrected chi connectivity index (χ3v) is 3.68. The van der Waals surface area contributed by atoms with E-state index in [0.29, 0.717) is 29.8 Å². The van der Waals surface area contributed by atoms with Gasteiger partial charge in [0.15, 0.2) is 0 Å². The molecule has 1 aliphatic rings. The minimum atomic E-state index is 0.0282. The number of pyridine rings is 1. The molecule has 0 aliphatic heterocycles. The van der Waals surface area contributed by atoms with Crippen molar-refractivity contribution in [3.05, 3.63) is 12.1 Å². The van der Waals surface area contributed by atoms with Gasteiger partial charge >= 0.3 is 0 Å². The fourth-order valence-corrected chi connectivity index (χ4v) is 2.55. The van der Waals surface area contributed by atoms with Crippen molar-refractivity contribution < 1.29 is 4.79 Å². The van der Waals surface area contributed by atoms with Crippen LogP contribution in [0.1, 0.15) is 25.7 Å². The zero-order valence-corrected chi connectivity index (χ0v) is 10.9. The van der Waals surface area contributed by atoms with Gasteiger partial charge in [0.25, 0.3) is 0 Å². The van der Waals surface area contributed by atoms with Crippen LogP contribution in [0, 0.1) is 11.8 Å².